The Labute approximate surface area is 134 Å². The van der Waals surface area contributed by atoms with Gasteiger partial charge in [0.25, 0.3) is 5.91 Å². The number of amides is 1. The van der Waals surface area contributed by atoms with E-state index in [-0.39, 0.29) is 17.5 Å². The Morgan fingerprint density at radius 2 is 1.83 bits per heavy atom. The maximum atomic E-state index is 12.7. The molecule has 7 nitrogen and oxygen atoms in total. The van der Waals surface area contributed by atoms with Crippen LogP contribution in [-0.4, -0.2) is 75.2 Å². The number of carboxylic acids is 1. The molecule has 0 aliphatic carbocycles. The van der Waals surface area contributed by atoms with Crippen LogP contribution in [0.4, 0.5) is 0 Å². The Kier molecular flexibility index (Phi) is 4.16. The van der Waals surface area contributed by atoms with E-state index < -0.39 is 12.1 Å². The smallest absolute Gasteiger partial charge is 0.337 e. The topological polar surface area (TPSA) is 96.9 Å². The number of aromatic carboxylic acids is 1. The fourth-order valence-corrected chi connectivity index (χ4v) is 3.81. The van der Waals surface area contributed by atoms with Gasteiger partial charge in [-0.3, -0.25) is 9.69 Å². The van der Waals surface area contributed by atoms with Crippen molar-refractivity contribution in [3.63, 3.8) is 0 Å². The number of hydrogen-bond acceptors (Lipinski definition) is 4. The summed E-state index contributed by atoms with van der Waals surface area (Å²) in [6, 6.07) is -0.0169. The Bertz CT molecular complexity index is 634. The summed E-state index contributed by atoms with van der Waals surface area (Å²) in [7, 11) is 0. The fraction of sp³-hybridized carbons (Fsp3) is 0.625. The van der Waals surface area contributed by atoms with Crippen LogP contribution < -0.4 is 0 Å². The highest BCUT2D eigenvalue weighted by atomic mass is 16.4. The van der Waals surface area contributed by atoms with Crippen molar-refractivity contribution in [2.75, 3.05) is 26.2 Å². The largest absolute Gasteiger partial charge is 0.478 e. The van der Waals surface area contributed by atoms with E-state index in [4.69, 9.17) is 0 Å². The maximum Gasteiger partial charge on any atom is 0.337 e. The molecule has 0 radical (unpaired) electrons. The summed E-state index contributed by atoms with van der Waals surface area (Å²) in [5.74, 6) is -1.27. The second kappa shape index (κ2) is 5.98. The zero-order chi connectivity index (χ0) is 16.7. The second-order valence-electron chi connectivity index (χ2n) is 6.52. The highest BCUT2D eigenvalue weighted by Gasteiger charge is 2.39. The number of hydrogen-bond donors (Lipinski definition) is 3. The Morgan fingerprint density at radius 3 is 2.39 bits per heavy atom. The molecule has 0 saturated carbocycles. The van der Waals surface area contributed by atoms with Gasteiger partial charge in [-0.25, -0.2) is 4.79 Å². The van der Waals surface area contributed by atoms with Gasteiger partial charge in [-0.2, -0.15) is 0 Å². The van der Waals surface area contributed by atoms with E-state index in [0.717, 1.165) is 25.9 Å². The van der Waals surface area contributed by atoms with Crippen LogP contribution in [0.3, 0.4) is 0 Å². The Morgan fingerprint density at radius 1 is 1.17 bits per heavy atom. The number of likely N-dealkylation sites (tertiary alicyclic amines) is 2. The molecule has 3 rings (SSSR count). The van der Waals surface area contributed by atoms with Gasteiger partial charge in [-0.05, 0) is 45.3 Å². The zero-order valence-electron chi connectivity index (χ0n) is 13.5. The number of aliphatic hydroxyl groups excluding tert-OH is 1. The molecular formula is C16H23N3O4. The fourth-order valence-electron chi connectivity index (χ4n) is 3.81. The van der Waals surface area contributed by atoms with E-state index in [1.165, 1.54) is 0 Å². The minimum Gasteiger partial charge on any atom is -0.478 e. The molecule has 2 atom stereocenters. The molecule has 2 saturated heterocycles. The van der Waals surface area contributed by atoms with E-state index in [1.807, 2.05) is 0 Å². The molecule has 2 aliphatic heterocycles. The first-order valence-electron chi connectivity index (χ1n) is 8.04. The van der Waals surface area contributed by atoms with Crippen LogP contribution in [0.15, 0.2) is 0 Å². The number of aromatic nitrogens is 1. The number of aliphatic hydroxyl groups is 1. The molecule has 1 amide bonds. The third kappa shape index (κ3) is 2.74. The van der Waals surface area contributed by atoms with Crippen LogP contribution in [0.1, 0.15) is 44.9 Å². The molecule has 7 heteroatoms. The van der Waals surface area contributed by atoms with Gasteiger partial charge in [0.2, 0.25) is 0 Å². The summed E-state index contributed by atoms with van der Waals surface area (Å²) in [6.07, 6.45) is 1.72. The quantitative estimate of drug-likeness (QED) is 0.758. The van der Waals surface area contributed by atoms with E-state index >= 15 is 0 Å². The minimum atomic E-state index is -1.04. The molecule has 0 unspecified atom stereocenters. The predicted molar refractivity (Wildman–Crippen MR) is 83.7 cm³/mol. The number of aryl methyl sites for hydroxylation is 1. The number of H-pyrrole nitrogens is 1. The van der Waals surface area contributed by atoms with E-state index in [1.54, 1.807) is 18.7 Å². The summed E-state index contributed by atoms with van der Waals surface area (Å²) >= 11 is 0. The van der Waals surface area contributed by atoms with E-state index in [0.29, 0.717) is 30.0 Å². The number of nitrogens with zero attached hydrogens (tertiary/aromatic N) is 2. The number of carbonyl (C=O) groups is 2. The normalized spacial score (nSPS) is 25.3. The first kappa shape index (κ1) is 16.0. The lowest BCUT2D eigenvalue weighted by Gasteiger charge is -2.25. The molecule has 3 N–H and O–H groups in total. The SMILES string of the molecule is Cc1[nH]c(C(=O)N2C[C@H](O)[C@@H](N3CCCC3)C2)c(C)c1C(=O)O. The Hall–Kier alpha value is -1.86. The monoisotopic (exact) mass is 321 g/mol. The highest BCUT2D eigenvalue weighted by molar-refractivity contribution is 6.00. The predicted octanol–water partition coefficient (Wildman–Crippen LogP) is 0.611. The van der Waals surface area contributed by atoms with Crippen molar-refractivity contribution in [2.24, 2.45) is 0 Å². The first-order valence-corrected chi connectivity index (χ1v) is 8.04. The zero-order valence-corrected chi connectivity index (χ0v) is 13.5. The standard InChI is InChI=1S/C16H23N3O4/c1-9-13(16(22)23)10(2)17-14(9)15(21)19-7-11(12(20)8-19)18-5-3-4-6-18/h11-12,17,20H,3-8H2,1-2H3,(H,22,23)/t11-,12-/m0/s1. The summed E-state index contributed by atoms with van der Waals surface area (Å²) in [5.41, 5.74) is 1.41. The van der Waals surface area contributed by atoms with Crippen molar-refractivity contribution >= 4 is 11.9 Å². The summed E-state index contributed by atoms with van der Waals surface area (Å²) in [5, 5.41) is 19.5. The van der Waals surface area contributed by atoms with Crippen molar-refractivity contribution in [3.8, 4) is 0 Å². The van der Waals surface area contributed by atoms with Crippen LogP contribution in [0.2, 0.25) is 0 Å². The van der Waals surface area contributed by atoms with Crippen LogP contribution in [0, 0.1) is 13.8 Å². The number of aromatic amines is 1. The highest BCUT2D eigenvalue weighted by Crippen LogP contribution is 2.24. The van der Waals surface area contributed by atoms with Crippen molar-refractivity contribution in [1.82, 2.24) is 14.8 Å². The molecule has 126 valence electrons. The average Bonchev–Trinajstić information content (AvgIpc) is 3.17. The van der Waals surface area contributed by atoms with Gasteiger partial charge in [0.15, 0.2) is 0 Å². The number of carbonyl (C=O) groups excluding carboxylic acids is 1. The number of rotatable bonds is 3. The summed E-state index contributed by atoms with van der Waals surface area (Å²) in [6.45, 7) is 6.00. The van der Waals surface area contributed by atoms with Crippen LogP contribution >= 0.6 is 0 Å². The van der Waals surface area contributed by atoms with E-state index in [9.17, 15) is 19.8 Å². The van der Waals surface area contributed by atoms with Gasteiger partial charge in [0.1, 0.15) is 5.69 Å². The van der Waals surface area contributed by atoms with Crippen LogP contribution in [0.25, 0.3) is 0 Å². The van der Waals surface area contributed by atoms with E-state index in [2.05, 4.69) is 9.88 Å². The molecule has 2 fully saturated rings. The van der Waals surface area contributed by atoms with Crippen molar-refractivity contribution in [3.05, 3.63) is 22.5 Å². The molecule has 23 heavy (non-hydrogen) atoms. The minimum absolute atomic E-state index is 0.0169. The number of nitrogens with one attached hydrogen (secondary N) is 1. The molecule has 0 spiro atoms. The maximum absolute atomic E-state index is 12.7. The van der Waals surface area contributed by atoms with Crippen LogP contribution in [-0.2, 0) is 0 Å². The van der Waals surface area contributed by atoms with Gasteiger partial charge in [0, 0.05) is 18.8 Å². The molecule has 3 heterocycles. The molecule has 2 aliphatic rings. The van der Waals surface area contributed by atoms with Gasteiger partial charge < -0.3 is 20.1 Å². The average molecular weight is 321 g/mol. The third-order valence-electron chi connectivity index (χ3n) is 5.02. The van der Waals surface area contributed by atoms with Crippen molar-refractivity contribution in [2.45, 2.75) is 38.8 Å². The Balaban J connectivity index is 1.79. The van der Waals surface area contributed by atoms with Gasteiger partial charge >= 0.3 is 5.97 Å². The number of carboxylic acid groups (broad SMARTS) is 1. The lowest BCUT2D eigenvalue weighted by Crippen LogP contribution is -2.41. The lowest BCUT2D eigenvalue weighted by molar-refractivity contribution is 0.0695. The van der Waals surface area contributed by atoms with Crippen LogP contribution in [0.5, 0.6) is 0 Å². The second-order valence-corrected chi connectivity index (χ2v) is 6.52. The molecular weight excluding hydrogens is 298 g/mol. The van der Waals surface area contributed by atoms with Gasteiger partial charge in [0.05, 0.1) is 17.7 Å². The lowest BCUT2D eigenvalue weighted by atomic mass is 10.1. The van der Waals surface area contributed by atoms with Gasteiger partial charge in [-0.15, -0.1) is 0 Å². The first-order chi connectivity index (χ1) is 10.9. The number of β-amino-alcohol motifs (C(OH)–C–C–N with tert-alkyl or cyclic N) is 1. The molecule has 1 aromatic heterocycles. The molecule has 0 aromatic carbocycles. The van der Waals surface area contributed by atoms with Crippen molar-refractivity contribution < 1.29 is 19.8 Å². The summed E-state index contributed by atoms with van der Waals surface area (Å²) in [4.78, 5) is 30.8. The van der Waals surface area contributed by atoms with Gasteiger partial charge in [-0.1, -0.05) is 0 Å². The third-order valence-corrected chi connectivity index (χ3v) is 5.02. The molecule has 0 bridgehead atoms. The van der Waals surface area contributed by atoms with Crippen molar-refractivity contribution in [1.29, 1.82) is 0 Å². The molecule has 1 aromatic rings. The summed E-state index contributed by atoms with van der Waals surface area (Å²) < 4.78 is 0.